The van der Waals surface area contributed by atoms with Gasteiger partial charge >= 0.3 is 12.6 Å². The van der Waals surface area contributed by atoms with Crippen molar-refractivity contribution in [2.24, 2.45) is 0 Å². The molecule has 0 saturated carbocycles. The molecule has 0 unspecified atom stereocenters. The molecule has 28 heavy (non-hydrogen) atoms. The van der Waals surface area contributed by atoms with Crippen molar-refractivity contribution in [2.45, 2.75) is 19.6 Å². The maximum absolute atomic E-state index is 12.4. The summed E-state index contributed by atoms with van der Waals surface area (Å²) < 4.78 is 58.8. The first-order chi connectivity index (χ1) is 13.1. The van der Waals surface area contributed by atoms with E-state index in [2.05, 4.69) is 9.46 Å². The summed E-state index contributed by atoms with van der Waals surface area (Å²) >= 11 is 0. The summed E-state index contributed by atoms with van der Waals surface area (Å²) in [7, 11) is -3.46. The van der Waals surface area contributed by atoms with Gasteiger partial charge < -0.3 is 9.47 Å². The number of halogens is 2. The smallest absolute Gasteiger partial charge is 0.387 e. The molecule has 0 fully saturated rings. The number of benzene rings is 2. The highest BCUT2D eigenvalue weighted by molar-refractivity contribution is 7.92. The summed E-state index contributed by atoms with van der Waals surface area (Å²) in [6.07, 6.45) is -0.218. The second kappa shape index (κ2) is 8.79. The normalized spacial score (nSPS) is 12.3. The van der Waals surface area contributed by atoms with Crippen LogP contribution in [0, 0.1) is 0 Å². The van der Waals surface area contributed by atoms with E-state index in [1.165, 1.54) is 55.5 Å². The molecule has 0 radical (unpaired) electrons. The number of nitrogens with one attached hydrogen (secondary N) is 1. The quantitative estimate of drug-likeness (QED) is 0.528. The monoisotopic (exact) mass is 413 g/mol. The van der Waals surface area contributed by atoms with E-state index in [-0.39, 0.29) is 22.6 Å². The molecule has 2 aromatic carbocycles. The number of anilines is 1. The van der Waals surface area contributed by atoms with Crippen molar-refractivity contribution in [3.05, 3.63) is 59.7 Å². The summed E-state index contributed by atoms with van der Waals surface area (Å²) in [6, 6.07) is 10.8. The molecule has 2 rings (SSSR count). The third kappa shape index (κ3) is 6.02. The van der Waals surface area contributed by atoms with E-state index in [1.807, 2.05) is 0 Å². The fraction of sp³-hybridized carbons (Fsp3) is 0.222. The van der Waals surface area contributed by atoms with Gasteiger partial charge in [0.15, 0.2) is 6.10 Å². The van der Waals surface area contributed by atoms with E-state index >= 15 is 0 Å². The number of hydrogen-bond acceptors (Lipinski definition) is 6. The molecule has 0 bridgehead atoms. The molecule has 0 aliphatic heterocycles. The number of hydrogen-bond donors (Lipinski definition) is 1. The van der Waals surface area contributed by atoms with Crippen LogP contribution in [0.25, 0.3) is 0 Å². The van der Waals surface area contributed by atoms with Crippen molar-refractivity contribution in [1.29, 1.82) is 0 Å². The number of ether oxygens (including phenoxy) is 2. The van der Waals surface area contributed by atoms with Gasteiger partial charge in [0, 0.05) is 11.3 Å². The average Bonchev–Trinajstić information content (AvgIpc) is 2.60. The molecule has 1 N–H and O–H groups in total. The van der Waals surface area contributed by atoms with E-state index in [4.69, 9.17) is 4.74 Å². The highest BCUT2D eigenvalue weighted by Gasteiger charge is 2.23. The topological polar surface area (TPSA) is 98.8 Å². The zero-order valence-corrected chi connectivity index (χ0v) is 15.7. The fourth-order valence-corrected chi connectivity index (χ4v) is 2.83. The molecule has 0 aromatic heterocycles. The van der Waals surface area contributed by atoms with E-state index in [1.54, 1.807) is 0 Å². The Morgan fingerprint density at radius 1 is 1.04 bits per heavy atom. The molecule has 0 aliphatic carbocycles. The molecule has 7 nitrogen and oxygen atoms in total. The zero-order valence-electron chi connectivity index (χ0n) is 14.9. The third-order valence-corrected chi connectivity index (χ3v) is 4.06. The van der Waals surface area contributed by atoms with Crippen molar-refractivity contribution in [1.82, 2.24) is 0 Å². The third-order valence-electron chi connectivity index (χ3n) is 3.45. The summed E-state index contributed by atoms with van der Waals surface area (Å²) in [4.78, 5) is 24.6. The Bertz CT molecular complexity index is 960. The molecule has 150 valence electrons. The van der Waals surface area contributed by atoms with Crippen LogP contribution in [0.2, 0.25) is 0 Å². The molecule has 0 saturated heterocycles. The number of sulfonamides is 1. The predicted octanol–water partition coefficient (Wildman–Crippen LogP) is 3.09. The highest BCUT2D eigenvalue weighted by Crippen LogP contribution is 2.22. The van der Waals surface area contributed by atoms with Crippen molar-refractivity contribution in [3.63, 3.8) is 0 Å². The van der Waals surface area contributed by atoms with Gasteiger partial charge in [0.1, 0.15) is 11.3 Å². The Labute approximate surface area is 160 Å². The van der Waals surface area contributed by atoms with Crippen LogP contribution in [0.3, 0.4) is 0 Å². The van der Waals surface area contributed by atoms with Gasteiger partial charge in [0.05, 0.1) is 6.26 Å². The number of carbonyl (C=O) groups is 2. The number of carbonyl (C=O) groups excluding carboxylic acids is 2. The maximum Gasteiger partial charge on any atom is 0.387 e. The van der Waals surface area contributed by atoms with Crippen LogP contribution in [0.1, 0.15) is 27.6 Å². The van der Waals surface area contributed by atoms with Gasteiger partial charge in [-0.25, -0.2) is 13.2 Å². The fourth-order valence-electron chi connectivity index (χ4n) is 2.26. The summed E-state index contributed by atoms with van der Waals surface area (Å²) in [5.74, 6) is -1.91. The number of ketones is 1. The van der Waals surface area contributed by atoms with Crippen molar-refractivity contribution < 1.29 is 36.3 Å². The van der Waals surface area contributed by atoms with Gasteiger partial charge in [-0.05, 0) is 43.3 Å². The van der Waals surface area contributed by atoms with Gasteiger partial charge in [-0.1, -0.05) is 12.1 Å². The molecular formula is C18H17F2NO6S. The zero-order chi connectivity index (χ0) is 20.9. The first kappa shape index (κ1) is 21.3. The molecular weight excluding hydrogens is 396 g/mol. The predicted molar refractivity (Wildman–Crippen MR) is 97.2 cm³/mol. The first-order valence-corrected chi connectivity index (χ1v) is 9.83. The lowest BCUT2D eigenvalue weighted by Crippen LogP contribution is -2.25. The van der Waals surface area contributed by atoms with Gasteiger partial charge in [0.2, 0.25) is 15.8 Å². The lowest BCUT2D eigenvalue weighted by molar-refractivity contribution is -0.0505. The minimum absolute atomic E-state index is 0.177. The number of alkyl halides is 2. The Morgan fingerprint density at radius 3 is 2.21 bits per heavy atom. The lowest BCUT2D eigenvalue weighted by Gasteiger charge is -2.14. The van der Waals surface area contributed by atoms with Crippen molar-refractivity contribution in [2.75, 3.05) is 11.0 Å². The molecule has 0 amide bonds. The Morgan fingerprint density at radius 2 is 1.64 bits per heavy atom. The first-order valence-electron chi connectivity index (χ1n) is 7.93. The molecule has 0 spiro atoms. The number of esters is 1. The average molecular weight is 413 g/mol. The molecule has 1 atom stereocenters. The van der Waals surface area contributed by atoms with Crippen LogP contribution < -0.4 is 9.46 Å². The SMILES string of the molecule is C[C@@H](OC(=O)c1ccccc1OC(F)F)C(=O)c1ccc(NS(C)(=O)=O)cc1. The molecule has 2 aromatic rings. The van der Waals surface area contributed by atoms with Gasteiger partial charge in [-0.15, -0.1) is 0 Å². The lowest BCUT2D eigenvalue weighted by atomic mass is 10.1. The van der Waals surface area contributed by atoms with Crippen LogP contribution in [-0.4, -0.2) is 39.1 Å². The van der Waals surface area contributed by atoms with Crippen molar-refractivity contribution in [3.8, 4) is 5.75 Å². The van der Waals surface area contributed by atoms with Crippen molar-refractivity contribution >= 4 is 27.5 Å². The second-order valence-corrected chi connectivity index (χ2v) is 7.49. The van der Waals surface area contributed by atoms with Crippen LogP contribution in [0.5, 0.6) is 5.75 Å². The van der Waals surface area contributed by atoms with E-state index in [0.29, 0.717) is 0 Å². The number of Topliss-reactive ketones (excluding diaryl/α,β-unsaturated/α-hetero) is 1. The summed E-state index contributed by atoms with van der Waals surface area (Å²) in [5, 5.41) is 0. The van der Waals surface area contributed by atoms with Gasteiger partial charge in [-0.3, -0.25) is 9.52 Å². The Hall–Kier alpha value is -3.01. The van der Waals surface area contributed by atoms with E-state index in [9.17, 15) is 26.8 Å². The second-order valence-electron chi connectivity index (χ2n) is 5.74. The van der Waals surface area contributed by atoms with Crippen LogP contribution >= 0.6 is 0 Å². The summed E-state index contributed by atoms with van der Waals surface area (Å²) in [6.45, 7) is -1.79. The maximum atomic E-state index is 12.4. The molecule has 0 heterocycles. The minimum atomic E-state index is -3.46. The van der Waals surface area contributed by atoms with Crippen LogP contribution in [0.15, 0.2) is 48.5 Å². The molecule has 10 heteroatoms. The number of rotatable bonds is 8. The van der Waals surface area contributed by atoms with Gasteiger partial charge in [-0.2, -0.15) is 8.78 Å². The minimum Gasteiger partial charge on any atom is -0.451 e. The largest absolute Gasteiger partial charge is 0.451 e. The molecule has 0 aliphatic rings. The van der Waals surface area contributed by atoms with Crippen LogP contribution in [0.4, 0.5) is 14.5 Å². The van der Waals surface area contributed by atoms with Crippen LogP contribution in [-0.2, 0) is 14.8 Å². The Balaban J connectivity index is 2.09. The number of para-hydroxylation sites is 1. The highest BCUT2D eigenvalue weighted by atomic mass is 32.2. The Kier molecular flexibility index (Phi) is 6.68. The summed E-state index contributed by atoms with van der Waals surface area (Å²) in [5.41, 5.74) is 0.202. The van der Waals surface area contributed by atoms with Gasteiger partial charge in [0.25, 0.3) is 0 Å². The van der Waals surface area contributed by atoms with E-state index < -0.39 is 34.5 Å². The van der Waals surface area contributed by atoms with E-state index in [0.717, 1.165) is 6.26 Å². The standard InChI is InChI=1S/C18H17F2NO6S/c1-11(16(22)12-7-9-13(10-8-12)21-28(2,24)25)26-17(23)14-5-3-4-6-15(14)27-18(19)20/h3-11,18,21H,1-2H3/t11-/m1/s1.